The first-order chi connectivity index (χ1) is 19.9. The van der Waals surface area contributed by atoms with Crippen molar-refractivity contribution < 1.29 is 9.59 Å². The van der Waals surface area contributed by atoms with E-state index in [2.05, 4.69) is 26.6 Å². The summed E-state index contributed by atoms with van der Waals surface area (Å²) >= 11 is 6.95. The van der Waals surface area contributed by atoms with Gasteiger partial charge in [-0.1, -0.05) is 48.5 Å². The summed E-state index contributed by atoms with van der Waals surface area (Å²) in [5.74, 6) is -0.423. The summed E-state index contributed by atoms with van der Waals surface area (Å²) in [7, 11) is 0. The zero-order valence-electron chi connectivity index (χ0n) is 22.8. The lowest BCUT2D eigenvalue weighted by Crippen LogP contribution is -2.28. The van der Waals surface area contributed by atoms with Gasteiger partial charge in [0.15, 0.2) is 5.11 Å². The molecule has 0 aliphatic carbocycles. The third kappa shape index (κ3) is 6.48. The van der Waals surface area contributed by atoms with Gasteiger partial charge in [0.2, 0.25) is 0 Å². The minimum Gasteiger partial charge on any atom is -0.380 e. The van der Waals surface area contributed by atoms with Crippen LogP contribution in [-0.2, 0) is 11.3 Å². The van der Waals surface area contributed by atoms with Gasteiger partial charge in [-0.25, -0.2) is 0 Å². The van der Waals surface area contributed by atoms with E-state index in [0.717, 1.165) is 28.9 Å². The van der Waals surface area contributed by atoms with E-state index in [1.54, 1.807) is 29.5 Å². The fraction of sp³-hybridized carbons (Fsp3) is 0.156. The lowest BCUT2D eigenvalue weighted by atomic mass is 9.99. The van der Waals surface area contributed by atoms with Gasteiger partial charge in [-0.3, -0.25) is 9.59 Å². The molecule has 0 radical (unpaired) electrons. The summed E-state index contributed by atoms with van der Waals surface area (Å²) in [6.07, 6.45) is 0. The third-order valence-electron chi connectivity index (χ3n) is 6.79. The molecule has 0 spiro atoms. The molecule has 1 aliphatic heterocycles. The molecule has 208 valence electrons. The lowest BCUT2D eigenvalue weighted by molar-refractivity contribution is -0.110. The summed E-state index contributed by atoms with van der Waals surface area (Å²) in [4.78, 5) is 26.6. The first-order valence-electron chi connectivity index (χ1n) is 13.4. The second-order valence-corrected chi connectivity index (χ2v) is 10.8. The van der Waals surface area contributed by atoms with Crippen molar-refractivity contribution in [3.05, 3.63) is 117 Å². The van der Waals surface area contributed by atoms with E-state index in [-0.39, 0.29) is 17.9 Å². The summed E-state index contributed by atoms with van der Waals surface area (Å²) in [5, 5.41) is 20.5. The molecule has 1 aliphatic rings. The quantitative estimate of drug-likeness (QED) is 0.120. The molecular weight excluding hydrogens is 551 g/mol. The average molecular weight is 582 g/mol. The second-order valence-electron chi connectivity index (χ2n) is 9.58. The van der Waals surface area contributed by atoms with Gasteiger partial charge in [-0.15, -0.1) is 0 Å². The topological polar surface area (TPSA) is 94.3 Å². The molecule has 0 unspecified atom stereocenters. The maximum absolute atomic E-state index is 13.4. The number of hydrogen-bond acceptors (Lipinski definition) is 5. The van der Waals surface area contributed by atoms with E-state index < -0.39 is 0 Å². The van der Waals surface area contributed by atoms with Gasteiger partial charge >= 0.3 is 0 Å². The van der Waals surface area contributed by atoms with Crippen molar-refractivity contribution in [1.29, 1.82) is 0 Å². The van der Waals surface area contributed by atoms with Crippen molar-refractivity contribution in [3.63, 3.8) is 0 Å². The Balaban J connectivity index is 1.46. The van der Waals surface area contributed by atoms with Gasteiger partial charge in [0, 0.05) is 46.5 Å². The minimum atomic E-state index is -0.219. The molecule has 2 heterocycles. The predicted octanol–water partition coefficient (Wildman–Crippen LogP) is 6.16. The number of rotatable bonds is 9. The maximum Gasteiger partial charge on any atom is 0.258 e. The highest BCUT2D eigenvalue weighted by Crippen LogP contribution is 2.37. The molecule has 5 rings (SSSR count). The van der Waals surface area contributed by atoms with Crippen LogP contribution in [0.3, 0.4) is 0 Å². The number of hydrogen-bond donors (Lipinski definition) is 5. The van der Waals surface area contributed by atoms with Crippen LogP contribution in [0.1, 0.15) is 52.5 Å². The number of thiocarbonyl (C=S) groups is 1. The smallest absolute Gasteiger partial charge is 0.258 e. The molecule has 41 heavy (non-hydrogen) atoms. The predicted molar refractivity (Wildman–Crippen MR) is 172 cm³/mol. The number of amides is 2. The first kappa shape index (κ1) is 28.1. The van der Waals surface area contributed by atoms with E-state index in [1.807, 2.05) is 85.3 Å². The fourth-order valence-corrected chi connectivity index (χ4v) is 5.61. The molecule has 0 saturated heterocycles. The van der Waals surface area contributed by atoms with Gasteiger partial charge in [0.05, 0.1) is 17.3 Å². The molecule has 5 N–H and O–H groups in total. The van der Waals surface area contributed by atoms with Crippen LogP contribution in [0.5, 0.6) is 0 Å². The summed E-state index contributed by atoms with van der Waals surface area (Å²) in [6, 6.07) is 24.8. The number of benzene rings is 3. The molecule has 4 aromatic rings. The molecule has 2 amide bonds. The monoisotopic (exact) mass is 581 g/mol. The normalized spacial score (nSPS) is 14.0. The average Bonchev–Trinajstić information content (AvgIpc) is 3.62. The molecule has 1 atom stereocenters. The van der Waals surface area contributed by atoms with Crippen LogP contribution in [-0.4, -0.2) is 23.5 Å². The Morgan fingerprint density at radius 1 is 0.976 bits per heavy atom. The van der Waals surface area contributed by atoms with Crippen molar-refractivity contribution in [2.45, 2.75) is 26.4 Å². The molecule has 7 nitrogen and oxygen atoms in total. The Labute approximate surface area is 249 Å². The zero-order chi connectivity index (χ0) is 28.8. The lowest BCUT2D eigenvalue weighted by Gasteiger charge is -2.17. The fourth-order valence-electron chi connectivity index (χ4n) is 4.71. The standard InChI is InChI=1S/C32H31N5O2S2/c1-3-33-32(40)37-26-12-8-7-11-23(26)18-34-29(24-15-16-41-19-24)28-25-17-22(13-14-27(25)36-31(28)39)30(38)35-20(2)21-9-5-4-6-10-21/h4-17,19-20,34H,3,18H2,1-2H3,(H,35,38)(H,36,39)(H2,33,37,40)/t20-/m1/s1. The first-order valence-corrected chi connectivity index (χ1v) is 14.7. The SMILES string of the molecule is CCNC(=S)Nc1ccccc1CNC(=C1C(=O)Nc2ccc(C(=O)N[C@H](C)c3ccccc3)cc21)c1ccsc1. The van der Waals surface area contributed by atoms with Crippen LogP contribution >= 0.6 is 23.6 Å². The Kier molecular flexibility index (Phi) is 8.76. The summed E-state index contributed by atoms with van der Waals surface area (Å²) < 4.78 is 0. The zero-order valence-corrected chi connectivity index (χ0v) is 24.4. The Morgan fingerprint density at radius 3 is 2.51 bits per heavy atom. The largest absolute Gasteiger partial charge is 0.380 e. The summed E-state index contributed by atoms with van der Waals surface area (Å²) in [5.41, 5.74) is 6.81. The molecule has 9 heteroatoms. The molecule has 1 aromatic heterocycles. The highest BCUT2D eigenvalue weighted by Gasteiger charge is 2.29. The van der Waals surface area contributed by atoms with E-state index in [1.165, 1.54) is 0 Å². The minimum absolute atomic E-state index is 0.163. The molecule has 0 saturated carbocycles. The van der Waals surface area contributed by atoms with Crippen LogP contribution in [0.4, 0.5) is 11.4 Å². The van der Waals surface area contributed by atoms with Crippen LogP contribution in [0.25, 0.3) is 11.3 Å². The van der Waals surface area contributed by atoms with Crippen LogP contribution in [0.15, 0.2) is 89.6 Å². The summed E-state index contributed by atoms with van der Waals surface area (Å²) in [6.45, 7) is 5.11. The van der Waals surface area contributed by atoms with Crippen molar-refractivity contribution in [1.82, 2.24) is 16.0 Å². The van der Waals surface area contributed by atoms with Crippen LogP contribution in [0.2, 0.25) is 0 Å². The van der Waals surface area contributed by atoms with Gasteiger partial charge in [0.1, 0.15) is 0 Å². The number of anilines is 2. The van der Waals surface area contributed by atoms with Crippen LogP contribution in [0, 0.1) is 0 Å². The van der Waals surface area contributed by atoms with Gasteiger partial charge < -0.3 is 26.6 Å². The van der Waals surface area contributed by atoms with Gasteiger partial charge in [-0.05, 0) is 72.9 Å². The van der Waals surface area contributed by atoms with E-state index >= 15 is 0 Å². The van der Waals surface area contributed by atoms with E-state index in [4.69, 9.17) is 12.2 Å². The highest BCUT2D eigenvalue weighted by molar-refractivity contribution is 7.80. The number of para-hydroxylation sites is 1. The second kappa shape index (κ2) is 12.8. The van der Waals surface area contributed by atoms with Crippen molar-refractivity contribution >= 4 is 63.1 Å². The third-order valence-corrected chi connectivity index (χ3v) is 7.72. The number of nitrogens with one attached hydrogen (secondary N) is 5. The molecule has 0 fully saturated rings. The molecule has 0 bridgehead atoms. The van der Waals surface area contributed by atoms with Crippen LogP contribution < -0.4 is 26.6 Å². The maximum atomic E-state index is 13.4. The number of carbonyl (C=O) groups is 2. The number of fused-ring (bicyclic) bond motifs is 1. The van der Waals surface area contributed by atoms with Gasteiger partial charge in [-0.2, -0.15) is 11.3 Å². The van der Waals surface area contributed by atoms with Crippen molar-refractivity contribution in [2.75, 3.05) is 17.2 Å². The molecule has 3 aromatic carbocycles. The Bertz CT molecular complexity index is 1600. The van der Waals surface area contributed by atoms with Crippen molar-refractivity contribution in [2.24, 2.45) is 0 Å². The molecular formula is C32H31N5O2S2. The van der Waals surface area contributed by atoms with E-state index in [9.17, 15) is 9.59 Å². The Morgan fingerprint density at radius 2 is 1.76 bits per heavy atom. The van der Waals surface area contributed by atoms with Gasteiger partial charge in [0.25, 0.3) is 11.8 Å². The van der Waals surface area contributed by atoms with E-state index in [0.29, 0.717) is 39.7 Å². The highest BCUT2D eigenvalue weighted by atomic mass is 32.1. The number of thiophene rings is 1. The Hall–Kier alpha value is -4.47. The van der Waals surface area contributed by atoms with Crippen molar-refractivity contribution in [3.8, 4) is 0 Å². The number of carbonyl (C=O) groups excluding carboxylic acids is 2.